The number of carbonyl (C=O) groups is 1. The van der Waals surface area contributed by atoms with Crippen LogP contribution in [0.25, 0.3) is 0 Å². The molecule has 0 aliphatic carbocycles. The number of anilines is 1. The molecule has 2 aromatic rings. The summed E-state index contributed by atoms with van der Waals surface area (Å²) < 4.78 is 1.36. The van der Waals surface area contributed by atoms with Crippen LogP contribution in [-0.4, -0.2) is 22.1 Å². The summed E-state index contributed by atoms with van der Waals surface area (Å²) in [6.07, 6.45) is 4.52. The Kier molecular flexibility index (Phi) is 4.34. The van der Waals surface area contributed by atoms with Crippen LogP contribution in [-0.2, 0) is 0 Å². The van der Waals surface area contributed by atoms with E-state index in [1.807, 2.05) is 6.92 Å². The second-order valence-electron chi connectivity index (χ2n) is 3.71. The number of hydrogen-bond acceptors (Lipinski definition) is 2. The van der Waals surface area contributed by atoms with Crippen LogP contribution in [0.2, 0.25) is 15.1 Å². The van der Waals surface area contributed by atoms with E-state index in [1.165, 1.54) is 28.1 Å². The zero-order chi connectivity index (χ0) is 14.0. The molecule has 0 unspecified atom stereocenters. The van der Waals surface area contributed by atoms with Crippen molar-refractivity contribution in [3.8, 4) is 0 Å². The third-order valence-corrected chi connectivity index (χ3v) is 3.58. The van der Waals surface area contributed by atoms with Crippen molar-refractivity contribution in [2.75, 3.05) is 11.4 Å². The van der Waals surface area contributed by atoms with Gasteiger partial charge in [0.05, 0.1) is 20.8 Å². The lowest BCUT2D eigenvalue weighted by molar-refractivity contribution is 0.248. The number of aromatic nitrogens is 2. The first-order valence-electron chi connectivity index (χ1n) is 5.49. The maximum Gasteiger partial charge on any atom is 0.333 e. The van der Waals surface area contributed by atoms with Gasteiger partial charge in [0.1, 0.15) is 6.33 Å². The summed E-state index contributed by atoms with van der Waals surface area (Å²) in [5, 5.41) is 1.06. The zero-order valence-corrected chi connectivity index (χ0v) is 12.2. The van der Waals surface area contributed by atoms with Crippen molar-refractivity contribution in [1.82, 2.24) is 9.55 Å². The Hall–Kier alpha value is -1.23. The van der Waals surface area contributed by atoms with Crippen LogP contribution in [0.5, 0.6) is 0 Å². The second kappa shape index (κ2) is 5.82. The predicted molar refractivity (Wildman–Crippen MR) is 77.5 cm³/mol. The largest absolute Gasteiger partial charge is 0.333 e. The molecule has 0 saturated heterocycles. The SMILES string of the molecule is CCN(C(=O)n1ccnc1)c1cc(Cl)c(Cl)cc1Cl. The lowest BCUT2D eigenvalue weighted by atomic mass is 10.3. The van der Waals surface area contributed by atoms with Gasteiger partial charge in [-0.3, -0.25) is 9.47 Å². The monoisotopic (exact) mass is 317 g/mol. The fourth-order valence-corrected chi connectivity index (χ4v) is 2.28. The van der Waals surface area contributed by atoms with Crippen LogP contribution >= 0.6 is 34.8 Å². The van der Waals surface area contributed by atoms with Crippen molar-refractivity contribution < 1.29 is 4.79 Å². The Morgan fingerprint density at radius 1 is 1.26 bits per heavy atom. The third-order valence-electron chi connectivity index (χ3n) is 2.55. The molecular formula is C12H10Cl3N3O. The summed E-state index contributed by atoms with van der Waals surface area (Å²) in [4.78, 5) is 17.6. The molecule has 7 heteroatoms. The summed E-state index contributed by atoms with van der Waals surface area (Å²) in [6, 6.07) is 2.83. The van der Waals surface area contributed by atoms with E-state index in [9.17, 15) is 4.79 Å². The van der Waals surface area contributed by atoms with Gasteiger partial charge in [-0.15, -0.1) is 0 Å². The molecule has 0 atom stereocenters. The highest BCUT2D eigenvalue weighted by atomic mass is 35.5. The quantitative estimate of drug-likeness (QED) is 0.773. The molecule has 0 saturated carbocycles. The van der Waals surface area contributed by atoms with Crippen molar-refractivity contribution >= 4 is 46.5 Å². The minimum atomic E-state index is -0.264. The highest BCUT2D eigenvalue weighted by Gasteiger charge is 2.19. The van der Waals surface area contributed by atoms with E-state index in [0.717, 1.165) is 0 Å². The van der Waals surface area contributed by atoms with E-state index in [0.29, 0.717) is 27.3 Å². The highest BCUT2D eigenvalue weighted by Crippen LogP contribution is 2.34. The lowest BCUT2D eigenvalue weighted by Gasteiger charge is -2.22. The molecule has 0 spiro atoms. The van der Waals surface area contributed by atoms with Crippen molar-refractivity contribution in [2.24, 2.45) is 0 Å². The Balaban J connectivity index is 2.43. The first-order chi connectivity index (χ1) is 9.04. The van der Waals surface area contributed by atoms with Gasteiger partial charge in [-0.25, -0.2) is 9.78 Å². The molecular weight excluding hydrogens is 309 g/mol. The maximum atomic E-state index is 12.3. The van der Waals surface area contributed by atoms with Gasteiger partial charge in [-0.2, -0.15) is 0 Å². The van der Waals surface area contributed by atoms with Gasteiger partial charge in [0.15, 0.2) is 0 Å². The molecule has 0 aliphatic heterocycles. The number of imidazole rings is 1. The van der Waals surface area contributed by atoms with E-state index in [4.69, 9.17) is 34.8 Å². The number of nitrogens with zero attached hydrogens (tertiary/aromatic N) is 3. The molecule has 0 N–H and O–H groups in total. The number of benzene rings is 1. The number of hydrogen-bond donors (Lipinski definition) is 0. The molecule has 0 radical (unpaired) electrons. The number of carbonyl (C=O) groups excluding carboxylic acids is 1. The average molecular weight is 319 g/mol. The van der Waals surface area contributed by atoms with Gasteiger partial charge < -0.3 is 0 Å². The molecule has 4 nitrogen and oxygen atoms in total. The molecule has 1 aromatic carbocycles. The average Bonchev–Trinajstić information content (AvgIpc) is 2.90. The predicted octanol–water partition coefficient (Wildman–Crippen LogP) is 4.34. The normalized spacial score (nSPS) is 10.5. The van der Waals surface area contributed by atoms with E-state index >= 15 is 0 Å². The van der Waals surface area contributed by atoms with Gasteiger partial charge in [0, 0.05) is 18.9 Å². The molecule has 1 aromatic heterocycles. The van der Waals surface area contributed by atoms with Gasteiger partial charge in [-0.05, 0) is 19.1 Å². The maximum absolute atomic E-state index is 12.3. The van der Waals surface area contributed by atoms with Crippen molar-refractivity contribution in [2.45, 2.75) is 6.92 Å². The fraction of sp³-hybridized carbons (Fsp3) is 0.167. The first-order valence-corrected chi connectivity index (χ1v) is 6.62. The second-order valence-corrected chi connectivity index (χ2v) is 4.94. The Labute approximate surface area is 125 Å². The van der Waals surface area contributed by atoms with Gasteiger partial charge in [0.25, 0.3) is 0 Å². The standard InChI is InChI=1S/C12H10Cl3N3O/c1-2-18(12(19)17-4-3-16-7-17)11-6-9(14)8(13)5-10(11)15/h3-7H,2H2,1H3. The highest BCUT2D eigenvalue weighted by molar-refractivity contribution is 6.44. The molecule has 1 amide bonds. The van der Waals surface area contributed by atoms with E-state index in [1.54, 1.807) is 12.3 Å². The van der Waals surface area contributed by atoms with Crippen LogP contribution in [0, 0.1) is 0 Å². The number of amides is 1. The van der Waals surface area contributed by atoms with Crippen LogP contribution in [0.1, 0.15) is 6.92 Å². The first kappa shape index (κ1) is 14.2. The van der Waals surface area contributed by atoms with Crippen LogP contribution in [0.4, 0.5) is 10.5 Å². The summed E-state index contributed by atoms with van der Waals surface area (Å²) in [5.74, 6) is 0. The topological polar surface area (TPSA) is 38.1 Å². The summed E-state index contributed by atoms with van der Waals surface area (Å²) >= 11 is 18.0. The summed E-state index contributed by atoms with van der Waals surface area (Å²) in [5.41, 5.74) is 0.511. The van der Waals surface area contributed by atoms with Crippen LogP contribution in [0.15, 0.2) is 30.9 Å². The summed E-state index contributed by atoms with van der Waals surface area (Å²) in [7, 11) is 0. The molecule has 2 rings (SSSR count). The van der Waals surface area contributed by atoms with Crippen molar-refractivity contribution in [1.29, 1.82) is 0 Å². The molecule has 100 valence electrons. The molecule has 19 heavy (non-hydrogen) atoms. The van der Waals surface area contributed by atoms with E-state index in [2.05, 4.69) is 4.98 Å². The van der Waals surface area contributed by atoms with Crippen molar-refractivity contribution in [3.63, 3.8) is 0 Å². The molecule has 1 heterocycles. The molecule has 0 aliphatic rings. The van der Waals surface area contributed by atoms with E-state index in [-0.39, 0.29) is 6.03 Å². The third kappa shape index (κ3) is 2.86. The zero-order valence-electron chi connectivity index (χ0n) is 9.98. The van der Waals surface area contributed by atoms with Gasteiger partial charge in [-0.1, -0.05) is 34.8 Å². The molecule has 0 bridgehead atoms. The smallest absolute Gasteiger partial charge is 0.292 e. The molecule has 0 fully saturated rings. The lowest BCUT2D eigenvalue weighted by Crippen LogP contribution is -2.34. The van der Waals surface area contributed by atoms with Gasteiger partial charge >= 0.3 is 6.03 Å². The summed E-state index contributed by atoms with van der Waals surface area (Å²) in [6.45, 7) is 2.28. The number of halogens is 3. The van der Waals surface area contributed by atoms with E-state index < -0.39 is 0 Å². The minimum absolute atomic E-state index is 0.264. The minimum Gasteiger partial charge on any atom is -0.292 e. The van der Waals surface area contributed by atoms with Crippen molar-refractivity contribution in [3.05, 3.63) is 45.9 Å². The Morgan fingerprint density at radius 2 is 1.95 bits per heavy atom. The number of rotatable bonds is 2. The van der Waals surface area contributed by atoms with Gasteiger partial charge in [0.2, 0.25) is 0 Å². The Morgan fingerprint density at radius 3 is 2.53 bits per heavy atom. The van der Waals surface area contributed by atoms with Crippen LogP contribution < -0.4 is 4.90 Å². The van der Waals surface area contributed by atoms with Crippen LogP contribution in [0.3, 0.4) is 0 Å². The Bertz CT molecular complexity index is 599. The fourth-order valence-electron chi connectivity index (χ4n) is 1.64.